The number of amides is 1. The van der Waals surface area contributed by atoms with Crippen molar-refractivity contribution < 1.29 is 4.79 Å². The van der Waals surface area contributed by atoms with E-state index in [0.717, 1.165) is 6.54 Å². The van der Waals surface area contributed by atoms with Gasteiger partial charge in [-0.1, -0.05) is 0 Å². The minimum Gasteiger partial charge on any atom is -0.370 e. The molecule has 100 valence electrons. The van der Waals surface area contributed by atoms with E-state index in [2.05, 4.69) is 25.9 Å². The van der Waals surface area contributed by atoms with Crippen molar-refractivity contribution in [3.8, 4) is 0 Å². The Morgan fingerprint density at radius 2 is 2.00 bits per heavy atom. The van der Waals surface area contributed by atoms with Gasteiger partial charge in [0.15, 0.2) is 0 Å². The summed E-state index contributed by atoms with van der Waals surface area (Å²) in [6, 6.07) is 1.34. The first-order chi connectivity index (χ1) is 8.56. The second kappa shape index (κ2) is 6.63. The largest absolute Gasteiger partial charge is 0.370 e. The number of nitrogens with one attached hydrogen (secondary N) is 3. The summed E-state index contributed by atoms with van der Waals surface area (Å²) in [7, 11) is 0. The maximum absolute atomic E-state index is 11.6. The van der Waals surface area contributed by atoms with E-state index in [1.165, 1.54) is 0 Å². The molecule has 0 aliphatic heterocycles. The van der Waals surface area contributed by atoms with Crippen LogP contribution >= 0.6 is 0 Å². The molecule has 1 amide bonds. The second-order valence-electron chi connectivity index (χ2n) is 3.79. The minimum absolute atomic E-state index is 0.0836. The summed E-state index contributed by atoms with van der Waals surface area (Å²) in [5, 5.41) is 8.76. The smallest absolute Gasteiger partial charge is 0.242 e. The van der Waals surface area contributed by atoms with Gasteiger partial charge in [0.25, 0.3) is 0 Å². The van der Waals surface area contributed by atoms with Crippen molar-refractivity contribution in [3.63, 3.8) is 0 Å². The molecule has 0 saturated heterocycles. The number of nitrogens with zero attached hydrogens (tertiary/aromatic N) is 2. The molecule has 1 aromatic rings. The zero-order valence-corrected chi connectivity index (χ0v) is 10.9. The van der Waals surface area contributed by atoms with E-state index in [0.29, 0.717) is 18.2 Å². The van der Waals surface area contributed by atoms with Crippen LogP contribution in [-0.4, -0.2) is 35.0 Å². The molecule has 7 heteroatoms. The van der Waals surface area contributed by atoms with Crippen LogP contribution in [0, 0.1) is 0 Å². The highest BCUT2D eigenvalue weighted by molar-refractivity contribution is 5.83. The van der Waals surface area contributed by atoms with Gasteiger partial charge in [0.1, 0.15) is 17.7 Å². The van der Waals surface area contributed by atoms with E-state index in [4.69, 9.17) is 5.73 Å². The van der Waals surface area contributed by atoms with Crippen molar-refractivity contribution in [1.82, 2.24) is 15.3 Å². The standard InChI is InChI=1S/C11H20N6O/c1-4-13-8-6-9(17-11(12)16-8)15-7(3)10(18)14-5-2/h6-7H,4-5H2,1-3H3,(H,14,18)(H4,12,13,15,16,17). The van der Waals surface area contributed by atoms with Crippen LogP contribution in [0.1, 0.15) is 20.8 Å². The second-order valence-corrected chi connectivity index (χ2v) is 3.79. The van der Waals surface area contributed by atoms with Gasteiger partial charge in [-0.15, -0.1) is 0 Å². The van der Waals surface area contributed by atoms with Crippen LogP contribution in [0.25, 0.3) is 0 Å². The van der Waals surface area contributed by atoms with Gasteiger partial charge in [0, 0.05) is 19.2 Å². The molecule has 0 aliphatic carbocycles. The molecule has 1 aromatic heterocycles. The number of likely N-dealkylation sites (N-methyl/N-ethyl adjacent to an activating group) is 1. The van der Waals surface area contributed by atoms with Crippen LogP contribution in [0.15, 0.2) is 6.07 Å². The number of carbonyl (C=O) groups is 1. The fourth-order valence-corrected chi connectivity index (χ4v) is 1.43. The Morgan fingerprint density at radius 1 is 1.33 bits per heavy atom. The zero-order valence-electron chi connectivity index (χ0n) is 10.9. The van der Waals surface area contributed by atoms with Gasteiger partial charge in [-0.05, 0) is 20.8 Å². The molecule has 1 atom stereocenters. The lowest BCUT2D eigenvalue weighted by atomic mass is 10.3. The first-order valence-corrected chi connectivity index (χ1v) is 5.99. The molecule has 0 spiro atoms. The molecule has 1 unspecified atom stereocenters. The summed E-state index contributed by atoms with van der Waals surface area (Å²) in [5.74, 6) is 1.24. The summed E-state index contributed by atoms with van der Waals surface area (Å²) in [4.78, 5) is 19.6. The van der Waals surface area contributed by atoms with Crippen LogP contribution < -0.4 is 21.7 Å². The number of nitrogens with two attached hydrogens (primary N) is 1. The molecule has 5 N–H and O–H groups in total. The van der Waals surface area contributed by atoms with E-state index >= 15 is 0 Å². The van der Waals surface area contributed by atoms with E-state index in [-0.39, 0.29) is 17.9 Å². The Hall–Kier alpha value is -2.05. The van der Waals surface area contributed by atoms with Crippen LogP contribution in [-0.2, 0) is 4.79 Å². The van der Waals surface area contributed by atoms with Gasteiger partial charge < -0.3 is 21.7 Å². The number of hydrogen-bond donors (Lipinski definition) is 4. The Morgan fingerprint density at radius 3 is 2.61 bits per heavy atom. The number of rotatable bonds is 6. The van der Waals surface area contributed by atoms with Crippen LogP contribution in [0.3, 0.4) is 0 Å². The van der Waals surface area contributed by atoms with Crippen molar-refractivity contribution in [2.24, 2.45) is 0 Å². The number of carbonyl (C=O) groups excluding carboxylic acids is 1. The zero-order chi connectivity index (χ0) is 13.5. The molecule has 0 aliphatic rings. The molecular weight excluding hydrogens is 232 g/mol. The number of hydrogen-bond acceptors (Lipinski definition) is 6. The molecule has 0 bridgehead atoms. The third kappa shape index (κ3) is 4.08. The number of anilines is 3. The Labute approximate surface area is 107 Å². The first kappa shape index (κ1) is 14.0. The SMILES string of the molecule is CCNC(=O)C(C)Nc1cc(NCC)nc(N)n1. The van der Waals surface area contributed by atoms with Gasteiger partial charge in [-0.2, -0.15) is 9.97 Å². The van der Waals surface area contributed by atoms with Crippen molar-refractivity contribution in [2.45, 2.75) is 26.8 Å². The van der Waals surface area contributed by atoms with Crippen molar-refractivity contribution >= 4 is 23.5 Å². The Balaban J connectivity index is 2.74. The molecule has 1 heterocycles. The molecule has 7 nitrogen and oxygen atoms in total. The molecule has 0 fully saturated rings. The minimum atomic E-state index is -0.381. The third-order valence-electron chi connectivity index (χ3n) is 2.21. The molecule has 1 rings (SSSR count). The maximum Gasteiger partial charge on any atom is 0.242 e. The molecule has 0 saturated carbocycles. The van der Waals surface area contributed by atoms with Gasteiger partial charge in [0.05, 0.1) is 0 Å². The summed E-state index contributed by atoms with van der Waals surface area (Å²) in [6.07, 6.45) is 0. The summed E-state index contributed by atoms with van der Waals surface area (Å²) in [5.41, 5.74) is 5.60. The predicted octanol–water partition coefficient (Wildman–Crippen LogP) is 0.427. The first-order valence-electron chi connectivity index (χ1n) is 5.99. The molecular formula is C11H20N6O. The van der Waals surface area contributed by atoms with E-state index in [1.54, 1.807) is 13.0 Å². The quantitative estimate of drug-likeness (QED) is 0.585. The van der Waals surface area contributed by atoms with Crippen LogP contribution in [0.2, 0.25) is 0 Å². The predicted molar refractivity (Wildman–Crippen MR) is 72.4 cm³/mol. The third-order valence-corrected chi connectivity index (χ3v) is 2.21. The van der Waals surface area contributed by atoms with Gasteiger partial charge >= 0.3 is 0 Å². The highest BCUT2D eigenvalue weighted by atomic mass is 16.2. The van der Waals surface area contributed by atoms with E-state index in [1.807, 2.05) is 13.8 Å². The lowest BCUT2D eigenvalue weighted by molar-refractivity contribution is -0.121. The van der Waals surface area contributed by atoms with Crippen molar-refractivity contribution in [3.05, 3.63) is 6.07 Å². The van der Waals surface area contributed by atoms with E-state index in [9.17, 15) is 4.79 Å². The van der Waals surface area contributed by atoms with E-state index < -0.39 is 0 Å². The highest BCUT2D eigenvalue weighted by Crippen LogP contribution is 2.13. The highest BCUT2D eigenvalue weighted by Gasteiger charge is 2.12. The monoisotopic (exact) mass is 252 g/mol. The topological polar surface area (TPSA) is 105 Å². The fourth-order valence-electron chi connectivity index (χ4n) is 1.43. The van der Waals surface area contributed by atoms with Crippen molar-refractivity contribution in [1.29, 1.82) is 0 Å². The van der Waals surface area contributed by atoms with Crippen molar-refractivity contribution in [2.75, 3.05) is 29.5 Å². The van der Waals surface area contributed by atoms with Gasteiger partial charge in [-0.3, -0.25) is 4.79 Å². The maximum atomic E-state index is 11.6. The Kier molecular flexibility index (Phi) is 5.16. The molecule has 18 heavy (non-hydrogen) atoms. The lowest BCUT2D eigenvalue weighted by Crippen LogP contribution is -2.37. The number of aromatic nitrogens is 2. The van der Waals surface area contributed by atoms with Crippen LogP contribution in [0.4, 0.5) is 17.6 Å². The van der Waals surface area contributed by atoms with Gasteiger partial charge in [-0.25, -0.2) is 0 Å². The summed E-state index contributed by atoms with van der Waals surface area (Å²) < 4.78 is 0. The summed E-state index contributed by atoms with van der Waals surface area (Å²) >= 11 is 0. The lowest BCUT2D eigenvalue weighted by Gasteiger charge is -2.14. The van der Waals surface area contributed by atoms with Crippen LogP contribution in [0.5, 0.6) is 0 Å². The fraction of sp³-hybridized carbons (Fsp3) is 0.545. The average molecular weight is 252 g/mol. The number of nitrogen functional groups attached to an aromatic ring is 1. The summed E-state index contributed by atoms with van der Waals surface area (Å²) in [6.45, 7) is 6.93. The Bertz CT molecular complexity index is 409. The van der Waals surface area contributed by atoms with Gasteiger partial charge in [0.2, 0.25) is 11.9 Å². The normalized spacial score (nSPS) is 11.7. The average Bonchev–Trinajstić information content (AvgIpc) is 2.28. The molecule has 0 aromatic carbocycles. The molecule has 0 radical (unpaired) electrons.